The van der Waals surface area contributed by atoms with Crippen LogP contribution in [-0.2, 0) is 4.79 Å². The molecule has 2 aliphatic rings. The summed E-state index contributed by atoms with van der Waals surface area (Å²) in [6, 6.07) is 4.60. The Bertz CT molecular complexity index is 667. The van der Waals surface area contributed by atoms with Crippen LogP contribution in [0.15, 0.2) is 18.2 Å². The molecule has 0 bridgehead atoms. The van der Waals surface area contributed by atoms with E-state index in [1.165, 1.54) is 18.9 Å². The highest BCUT2D eigenvalue weighted by atomic mass is 19.1. The van der Waals surface area contributed by atoms with Crippen LogP contribution in [0.2, 0.25) is 0 Å². The van der Waals surface area contributed by atoms with Gasteiger partial charge in [0.15, 0.2) is 0 Å². The fourth-order valence-corrected chi connectivity index (χ4v) is 4.53. The van der Waals surface area contributed by atoms with Crippen molar-refractivity contribution in [3.05, 3.63) is 29.6 Å². The molecule has 5 nitrogen and oxygen atoms in total. The smallest absolute Gasteiger partial charge is 0.237 e. The fraction of sp³-hybridized carbons (Fsp3) is 0.696. The Kier molecular flexibility index (Phi) is 7.90. The fourth-order valence-electron chi connectivity index (χ4n) is 4.53. The van der Waals surface area contributed by atoms with Crippen molar-refractivity contribution in [3.63, 3.8) is 0 Å². The highest BCUT2D eigenvalue weighted by Gasteiger charge is 2.26. The molecule has 162 valence electrons. The van der Waals surface area contributed by atoms with Gasteiger partial charge in [-0.2, -0.15) is 0 Å². The number of amides is 1. The van der Waals surface area contributed by atoms with Gasteiger partial charge < -0.3 is 15.1 Å². The Morgan fingerprint density at radius 2 is 1.69 bits per heavy atom. The maximum Gasteiger partial charge on any atom is 0.237 e. The van der Waals surface area contributed by atoms with Crippen molar-refractivity contribution in [1.29, 1.82) is 0 Å². The lowest BCUT2D eigenvalue weighted by molar-refractivity contribution is -0.126. The number of nitrogens with one attached hydrogen (secondary N) is 1. The average Bonchev–Trinajstić information content (AvgIpc) is 3.02. The minimum Gasteiger partial charge on any atom is -0.369 e. The monoisotopic (exact) mass is 404 g/mol. The molecule has 2 fully saturated rings. The summed E-state index contributed by atoms with van der Waals surface area (Å²) in [4.78, 5) is 20.0. The number of halogens is 1. The van der Waals surface area contributed by atoms with E-state index in [-0.39, 0.29) is 23.8 Å². The topological polar surface area (TPSA) is 38.8 Å². The van der Waals surface area contributed by atoms with Gasteiger partial charge in [0.1, 0.15) is 5.82 Å². The zero-order valence-corrected chi connectivity index (χ0v) is 18.3. The number of hydrogen-bond donors (Lipinski definition) is 1. The minimum atomic E-state index is -0.252. The van der Waals surface area contributed by atoms with Crippen molar-refractivity contribution in [2.24, 2.45) is 0 Å². The first kappa shape index (κ1) is 22.0. The Morgan fingerprint density at radius 1 is 1.03 bits per heavy atom. The molecule has 0 saturated carbocycles. The van der Waals surface area contributed by atoms with Gasteiger partial charge in [-0.05, 0) is 64.5 Å². The van der Waals surface area contributed by atoms with E-state index in [2.05, 4.69) is 26.9 Å². The molecule has 6 heteroatoms. The minimum absolute atomic E-state index is 0.0328. The molecule has 1 N–H and O–H groups in total. The molecule has 1 aromatic rings. The summed E-state index contributed by atoms with van der Waals surface area (Å²) >= 11 is 0. The highest BCUT2D eigenvalue weighted by molar-refractivity contribution is 5.82. The van der Waals surface area contributed by atoms with Crippen LogP contribution < -0.4 is 10.2 Å². The first-order valence-corrected chi connectivity index (χ1v) is 11.3. The lowest BCUT2D eigenvalue weighted by atomic mass is 10.0. The second kappa shape index (κ2) is 10.4. The molecule has 0 aromatic heterocycles. The molecule has 2 saturated heterocycles. The van der Waals surface area contributed by atoms with Gasteiger partial charge in [0.05, 0.1) is 12.1 Å². The Balaban J connectivity index is 1.68. The first-order chi connectivity index (χ1) is 14.0. The standard InChI is InChI=1S/C23H37FN4O/c1-4-26-13-15-28(16-14-26)22-10-9-20(24)17-21(22)18(2)25-23(29)19(3)27-11-7-5-6-8-12-27/h9-10,17-19H,4-8,11-16H2,1-3H3,(H,25,29). The molecule has 0 radical (unpaired) electrons. The summed E-state index contributed by atoms with van der Waals surface area (Å²) in [5.74, 6) is -0.219. The summed E-state index contributed by atoms with van der Waals surface area (Å²) in [5, 5.41) is 3.16. The third-order valence-corrected chi connectivity index (χ3v) is 6.54. The van der Waals surface area contributed by atoms with Crippen LogP contribution in [0, 0.1) is 5.82 Å². The molecular weight excluding hydrogens is 367 g/mol. The van der Waals surface area contributed by atoms with Crippen LogP contribution in [0.25, 0.3) is 0 Å². The number of benzene rings is 1. The number of hydrogen-bond acceptors (Lipinski definition) is 4. The summed E-state index contributed by atoms with van der Waals surface area (Å²) in [6.45, 7) is 13.0. The van der Waals surface area contributed by atoms with E-state index in [1.54, 1.807) is 6.07 Å². The van der Waals surface area contributed by atoms with Gasteiger partial charge in [-0.3, -0.25) is 9.69 Å². The van der Waals surface area contributed by atoms with Crippen molar-refractivity contribution in [2.75, 3.05) is 50.7 Å². The summed E-state index contributed by atoms with van der Waals surface area (Å²) < 4.78 is 14.1. The van der Waals surface area contributed by atoms with E-state index in [1.807, 2.05) is 19.9 Å². The maximum atomic E-state index is 14.1. The molecule has 0 aliphatic carbocycles. The molecule has 3 rings (SSSR count). The maximum absolute atomic E-state index is 14.1. The normalized spacial score (nSPS) is 21.4. The van der Waals surface area contributed by atoms with Gasteiger partial charge in [-0.25, -0.2) is 4.39 Å². The molecule has 29 heavy (non-hydrogen) atoms. The average molecular weight is 405 g/mol. The van der Waals surface area contributed by atoms with Gasteiger partial charge in [0.2, 0.25) is 5.91 Å². The van der Waals surface area contributed by atoms with Gasteiger partial charge in [-0.1, -0.05) is 19.8 Å². The van der Waals surface area contributed by atoms with Crippen molar-refractivity contribution < 1.29 is 9.18 Å². The van der Waals surface area contributed by atoms with E-state index in [0.29, 0.717) is 0 Å². The summed E-state index contributed by atoms with van der Waals surface area (Å²) in [6.07, 6.45) is 4.81. The van der Waals surface area contributed by atoms with Crippen molar-refractivity contribution >= 4 is 11.6 Å². The number of likely N-dealkylation sites (tertiary alicyclic amines) is 1. The van der Waals surface area contributed by atoms with Crippen LogP contribution in [-0.4, -0.2) is 67.6 Å². The van der Waals surface area contributed by atoms with E-state index in [9.17, 15) is 9.18 Å². The van der Waals surface area contributed by atoms with Crippen molar-refractivity contribution in [1.82, 2.24) is 15.1 Å². The van der Waals surface area contributed by atoms with Gasteiger partial charge in [0, 0.05) is 37.4 Å². The summed E-state index contributed by atoms with van der Waals surface area (Å²) in [5.41, 5.74) is 1.91. The van der Waals surface area contributed by atoms with Crippen LogP contribution in [0.1, 0.15) is 58.1 Å². The second-order valence-corrected chi connectivity index (χ2v) is 8.48. The number of nitrogens with zero attached hydrogens (tertiary/aromatic N) is 3. The van der Waals surface area contributed by atoms with E-state index in [0.717, 1.165) is 69.9 Å². The zero-order chi connectivity index (χ0) is 20.8. The zero-order valence-electron chi connectivity index (χ0n) is 18.3. The number of anilines is 1. The van der Waals surface area contributed by atoms with Crippen LogP contribution >= 0.6 is 0 Å². The lowest BCUT2D eigenvalue weighted by Gasteiger charge is -2.37. The van der Waals surface area contributed by atoms with Crippen molar-refractivity contribution in [2.45, 2.75) is 58.5 Å². The molecule has 1 aromatic carbocycles. The van der Waals surface area contributed by atoms with E-state index >= 15 is 0 Å². The second-order valence-electron chi connectivity index (χ2n) is 8.48. The highest BCUT2D eigenvalue weighted by Crippen LogP contribution is 2.28. The molecule has 2 heterocycles. The number of rotatable bonds is 6. The number of likely N-dealkylation sites (N-methyl/N-ethyl adjacent to an activating group) is 1. The third kappa shape index (κ3) is 5.70. The van der Waals surface area contributed by atoms with Crippen molar-refractivity contribution in [3.8, 4) is 0 Å². The predicted molar refractivity (Wildman–Crippen MR) is 117 cm³/mol. The quantitative estimate of drug-likeness (QED) is 0.789. The van der Waals surface area contributed by atoms with E-state index < -0.39 is 0 Å². The first-order valence-electron chi connectivity index (χ1n) is 11.3. The van der Waals surface area contributed by atoms with Gasteiger partial charge >= 0.3 is 0 Å². The molecule has 1 amide bonds. The van der Waals surface area contributed by atoms with Crippen LogP contribution in [0.4, 0.5) is 10.1 Å². The van der Waals surface area contributed by atoms with Gasteiger partial charge in [-0.15, -0.1) is 0 Å². The Labute approximate surface area is 175 Å². The number of piperazine rings is 1. The number of carbonyl (C=O) groups excluding carboxylic acids is 1. The molecule has 2 unspecified atom stereocenters. The van der Waals surface area contributed by atoms with Crippen LogP contribution in [0.5, 0.6) is 0 Å². The third-order valence-electron chi connectivity index (χ3n) is 6.54. The largest absolute Gasteiger partial charge is 0.369 e. The Morgan fingerprint density at radius 3 is 2.31 bits per heavy atom. The number of carbonyl (C=O) groups is 1. The Hall–Kier alpha value is -1.66. The van der Waals surface area contributed by atoms with Gasteiger partial charge in [0.25, 0.3) is 0 Å². The lowest BCUT2D eigenvalue weighted by Crippen LogP contribution is -2.47. The van der Waals surface area contributed by atoms with E-state index in [4.69, 9.17) is 0 Å². The molecule has 2 aliphatic heterocycles. The van der Waals surface area contributed by atoms with Crippen LogP contribution in [0.3, 0.4) is 0 Å². The summed E-state index contributed by atoms with van der Waals surface area (Å²) in [7, 11) is 0. The molecule has 0 spiro atoms. The molecule has 2 atom stereocenters. The molecular formula is C23H37FN4O. The SMILES string of the molecule is CCN1CCN(c2ccc(F)cc2C(C)NC(=O)C(C)N2CCCCCC2)CC1. The predicted octanol–water partition coefficient (Wildman–Crippen LogP) is 3.41.